The zero-order chi connectivity index (χ0) is 16.8. The van der Waals surface area contributed by atoms with Gasteiger partial charge in [-0.15, -0.1) is 0 Å². The highest BCUT2D eigenvalue weighted by Crippen LogP contribution is 2.32. The second kappa shape index (κ2) is 8.23. The maximum absolute atomic E-state index is 12.2. The van der Waals surface area contributed by atoms with Crippen LogP contribution in [0.5, 0.6) is 5.75 Å². The van der Waals surface area contributed by atoms with Crippen molar-refractivity contribution in [1.29, 1.82) is 0 Å². The first kappa shape index (κ1) is 17.6. The summed E-state index contributed by atoms with van der Waals surface area (Å²) in [5, 5.41) is 3.60. The van der Waals surface area contributed by atoms with E-state index in [1.165, 1.54) is 5.56 Å². The summed E-state index contributed by atoms with van der Waals surface area (Å²) in [7, 11) is 0. The molecule has 2 aromatic rings. The van der Waals surface area contributed by atoms with Crippen LogP contribution in [0, 0.1) is 0 Å². The third-order valence-corrected chi connectivity index (χ3v) is 4.34. The van der Waals surface area contributed by atoms with Crippen LogP contribution < -0.4 is 10.1 Å². The van der Waals surface area contributed by atoms with Crippen LogP contribution in [0.2, 0.25) is 10.0 Å². The van der Waals surface area contributed by atoms with Crippen molar-refractivity contribution in [2.45, 2.75) is 25.9 Å². The van der Waals surface area contributed by atoms with Gasteiger partial charge >= 0.3 is 0 Å². The lowest BCUT2D eigenvalue weighted by Crippen LogP contribution is -2.38. The standard InChI is InChI=1S/C18H19Cl2NO2/c1-12(14-7-4-3-5-8-14)11-21-18(22)13(2)23-16-10-6-9-15(19)17(16)20/h3-10,12-13H,11H2,1-2H3,(H,21,22)/t12-,13-/m0/s1. The van der Waals surface area contributed by atoms with E-state index in [2.05, 4.69) is 12.2 Å². The number of nitrogens with one attached hydrogen (secondary N) is 1. The molecule has 2 atom stereocenters. The SMILES string of the molecule is C[C@H](Oc1cccc(Cl)c1Cl)C(=O)NC[C@H](C)c1ccccc1. The number of hydrogen-bond donors (Lipinski definition) is 1. The quantitative estimate of drug-likeness (QED) is 0.820. The lowest BCUT2D eigenvalue weighted by atomic mass is 10.0. The number of rotatable bonds is 6. The Kier molecular flexibility index (Phi) is 6.31. The molecule has 0 radical (unpaired) electrons. The van der Waals surface area contributed by atoms with Crippen LogP contribution in [0.1, 0.15) is 25.3 Å². The third-order valence-electron chi connectivity index (χ3n) is 3.54. The molecule has 0 aliphatic heterocycles. The van der Waals surface area contributed by atoms with Gasteiger partial charge in [0, 0.05) is 6.54 Å². The number of benzene rings is 2. The van der Waals surface area contributed by atoms with E-state index < -0.39 is 6.10 Å². The Labute approximate surface area is 146 Å². The minimum Gasteiger partial charge on any atom is -0.479 e. The van der Waals surface area contributed by atoms with Gasteiger partial charge in [0.05, 0.1) is 5.02 Å². The predicted molar refractivity (Wildman–Crippen MR) is 94.4 cm³/mol. The lowest BCUT2D eigenvalue weighted by molar-refractivity contribution is -0.127. The topological polar surface area (TPSA) is 38.3 Å². The molecule has 23 heavy (non-hydrogen) atoms. The summed E-state index contributed by atoms with van der Waals surface area (Å²) in [6.45, 7) is 4.29. The average Bonchev–Trinajstić information content (AvgIpc) is 2.57. The molecule has 1 amide bonds. The Bertz CT molecular complexity index is 661. The van der Waals surface area contributed by atoms with Crippen LogP contribution in [0.3, 0.4) is 0 Å². The van der Waals surface area contributed by atoms with Gasteiger partial charge < -0.3 is 10.1 Å². The van der Waals surface area contributed by atoms with Crippen LogP contribution in [-0.2, 0) is 4.79 Å². The highest BCUT2D eigenvalue weighted by Gasteiger charge is 2.17. The van der Waals surface area contributed by atoms with E-state index >= 15 is 0 Å². The smallest absolute Gasteiger partial charge is 0.260 e. The number of hydrogen-bond acceptors (Lipinski definition) is 2. The Morgan fingerprint density at radius 2 is 1.78 bits per heavy atom. The molecule has 122 valence electrons. The fourth-order valence-corrected chi connectivity index (χ4v) is 2.45. The van der Waals surface area contributed by atoms with Gasteiger partial charge in [-0.05, 0) is 30.5 Å². The first-order chi connectivity index (χ1) is 11.0. The number of ether oxygens (including phenoxy) is 1. The van der Waals surface area contributed by atoms with Gasteiger partial charge in [0.1, 0.15) is 10.8 Å². The number of amides is 1. The highest BCUT2D eigenvalue weighted by molar-refractivity contribution is 6.42. The first-order valence-electron chi connectivity index (χ1n) is 7.42. The average molecular weight is 352 g/mol. The monoisotopic (exact) mass is 351 g/mol. The molecule has 0 heterocycles. The Morgan fingerprint density at radius 3 is 2.48 bits per heavy atom. The van der Waals surface area contributed by atoms with E-state index in [-0.39, 0.29) is 11.8 Å². The molecule has 0 spiro atoms. The highest BCUT2D eigenvalue weighted by atomic mass is 35.5. The molecular formula is C18H19Cl2NO2. The summed E-state index contributed by atoms with van der Waals surface area (Å²) in [4.78, 5) is 12.2. The van der Waals surface area contributed by atoms with Gasteiger partial charge in [-0.2, -0.15) is 0 Å². The van der Waals surface area contributed by atoms with Crippen LogP contribution in [0.15, 0.2) is 48.5 Å². The van der Waals surface area contributed by atoms with Crippen molar-refractivity contribution in [3.05, 3.63) is 64.1 Å². The van der Waals surface area contributed by atoms with Gasteiger partial charge in [0.2, 0.25) is 0 Å². The van der Waals surface area contributed by atoms with Crippen molar-refractivity contribution in [2.75, 3.05) is 6.54 Å². The number of carbonyl (C=O) groups excluding carboxylic acids is 1. The predicted octanol–water partition coefficient (Wildman–Crippen LogP) is 4.68. The van der Waals surface area contributed by atoms with E-state index in [0.29, 0.717) is 22.3 Å². The maximum Gasteiger partial charge on any atom is 0.260 e. The molecule has 0 aliphatic carbocycles. The zero-order valence-corrected chi connectivity index (χ0v) is 14.6. The molecule has 0 aromatic heterocycles. The van der Waals surface area contributed by atoms with Crippen molar-refractivity contribution in [3.8, 4) is 5.75 Å². The van der Waals surface area contributed by atoms with E-state index in [9.17, 15) is 4.79 Å². The van der Waals surface area contributed by atoms with Crippen LogP contribution >= 0.6 is 23.2 Å². The Morgan fingerprint density at radius 1 is 1.09 bits per heavy atom. The number of carbonyl (C=O) groups is 1. The van der Waals surface area contributed by atoms with Crippen molar-refractivity contribution in [1.82, 2.24) is 5.32 Å². The van der Waals surface area contributed by atoms with Crippen molar-refractivity contribution in [2.24, 2.45) is 0 Å². The van der Waals surface area contributed by atoms with Gasteiger partial charge in [0.25, 0.3) is 5.91 Å². The van der Waals surface area contributed by atoms with Crippen molar-refractivity contribution in [3.63, 3.8) is 0 Å². The molecule has 5 heteroatoms. The summed E-state index contributed by atoms with van der Waals surface area (Å²) in [5.74, 6) is 0.434. The molecule has 0 saturated heterocycles. The minimum absolute atomic E-state index is 0.191. The molecule has 1 N–H and O–H groups in total. The molecular weight excluding hydrogens is 333 g/mol. The van der Waals surface area contributed by atoms with Gasteiger partial charge in [-0.3, -0.25) is 4.79 Å². The fourth-order valence-electron chi connectivity index (χ4n) is 2.12. The van der Waals surface area contributed by atoms with Crippen molar-refractivity contribution < 1.29 is 9.53 Å². The normalized spacial score (nSPS) is 13.2. The first-order valence-corrected chi connectivity index (χ1v) is 8.18. The summed E-state index contributed by atoms with van der Waals surface area (Å²) >= 11 is 12.0. The molecule has 0 unspecified atom stereocenters. The second-order valence-corrected chi connectivity index (χ2v) is 6.15. The fraction of sp³-hybridized carbons (Fsp3) is 0.278. The van der Waals surface area contributed by atoms with Crippen LogP contribution in [0.4, 0.5) is 0 Å². The number of halogens is 2. The molecule has 0 aliphatic rings. The maximum atomic E-state index is 12.2. The summed E-state index contributed by atoms with van der Waals surface area (Å²) < 4.78 is 5.60. The second-order valence-electron chi connectivity index (χ2n) is 5.37. The third kappa shape index (κ3) is 4.88. The molecule has 2 rings (SSSR count). The van der Waals surface area contributed by atoms with Crippen LogP contribution in [-0.4, -0.2) is 18.6 Å². The summed E-state index contributed by atoms with van der Waals surface area (Å²) in [6.07, 6.45) is -0.658. The molecule has 0 bridgehead atoms. The van der Waals surface area contributed by atoms with Gasteiger partial charge in [-0.1, -0.05) is 66.5 Å². The molecule has 0 fully saturated rings. The van der Waals surface area contributed by atoms with E-state index in [4.69, 9.17) is 27.9 Å². The zero-order valence-electron chi connectivity index (χ0n) is 13.1. The van der Waals surface area contributed by atoms with E-state index in [0.717, 1.165) is 0 Å². The van der Waals surface area contributed by atoms with E-state index in [1.807, 2.05) is 30.3 Å². The van der Waals surface area contributed by atoms with Crippen LogP contribution in [0.25, 0.3) is 0 Å². The van der Waals surface area contributed by atoms with E-state index in [1.54, 1.807) is 25.1 Å². The summed E-state index contributed by atoms with van der Waals surface area (Å²) in [6, 6.07) is 15.1. The molecule has 2 aromatic carbocycles. The van der Waals surface area contributed by atoms with Gasteiger partial charge in [0.15, 0.2) is 6.10 Å². The van der Waals surface area contributed by atoms with Crippen molar-refractivity contribution >= 4 is 29.1 Å². The molecule has 3 nitrogen and oxygen atoms in total. The Hall–Kier alpha value is -1.71. The summed E-state index contributed by atoms with van der Waals surface area (Å²) in [5.41, 5.74) is 1.18. The van der Waals surface area contributed by atoms with Gasteiger partial charge in [-0.25, -0.2) is 0 Å². The minimum atomic E-state index is -0.658. The molecule has 0 saturated carbocycles. The lowest BCUT2D eigenvalue weighted by Gasteiger charge is -2.18. The largest absolute Gasteiger partial charge is 0.479 e. The Balaban J connectivity index is 1.89.